The predicted molar refractivity (Wildman–Crippen MR) is 89.3 cm³/mol. The van der Waals surface area contributed by atoms with Gasteiger partial charge in [-0.05, 0) is 46.9 Å². The highest BCUT2D eigenvalue weighted by Gasteiger charge is 2.26. The van der Waals surface area contributed by atoms with Crippen LogP contribution in [0.5, 0.6) is 0 Å². The van der Waals surface area contributed by atoms with Crippen molar-refractivity contribution in [3.8, 4) is 0 Å². The topological polar surface area (TPSA) is 32.7 Å². The molecular formula is C16H12FIN2O. The minimum atomic E-state index is -0.509. The van der Waals surface area contributed by atoms with Gasteiger partial charge in [0, 0.05) is 27.4 Å². The first-order valence-corrected chi connectivity index (χ1v) is 7.50. The molecule has 0 saturated heterocycles. The van der Waals surface area contributed by atoms with Gasteiger partial charge < -0.3 is 4.90 Å². The largest absolute Gasteiger partial charge is 0.310 e. The third-order valence-corrected chi connectivity index (χ3v) is 4.18. The van der Waals surface area contributed by atoms with E-state index in [4.69, 9.17) is 0 Å². The molecule has 1 aliphatic heterocycles. The van der Waals surface area contributed by atoms with Gasteiger partial charge in [-0.25, -0.2) is 4.39 Å². The molecule has 3 rings (SSSR count). The number of rotatable bonds is 1. The Kier molecular flexibility index (Phi) is 3.75. The molecule has 2 aromatic carbocycles. The number of halogens is 2. The van der Waals surface area contributed by atoms with Gasteiger partial charge in [0.05, 0.1) is 6.21 Å². The second-order valence-electron chi connectivity index (χ2n) is 4.80. The Bertz CT molecular complexity index is 745. The maximum atomic E-state index is 14.1. The van der Waals surface area contributed by atoms with Crippen LogP contribution in [0, 0.1) is 9.39 Å². The van der Waals surface area contributed by atoms with E-state index in [0.29, 0.717) is 5.56 Å². The van der Waals surface area contributed by atoms with E-state index in [1.807, 2.05) is 18.2 Å². The summed E-state index contributed by atoms with van der Waals surface area (Å²) in [5, 5.41) is 0. The molecule has 1 heterocycles. The third-order valence-electron chi connectivity index (χ3n) is 3.51. The molecule has 5 heteroatoms. The number of carbonyl (C=O) groups excluding carboxylic acids is 1. The van der Waals surface area contributed by atoms with Crippen LogP contribution in [0.3, 0.4) is 0 Å². The molecule has 1 amide bonds. The van der Waals surface area contributed by atoms with Crippen LogP contribution >= 0.6 is 22.6 Å². The van der Waals surface area contributed by atoms with Crippen molar-refractivity contribution in [2.45, 2.75) is 6.04 Å². The lowest BCUT2D eigenvalue weighted by molar-refractivity contribution is -0.111. The van der Waals surface area contributed by atoms with Gasteiger partial charge in [-0.2, -0.15) is 0 Å². The van der Waals surface area contributed by atoms with E-state index in [2.05, 4.69) is 27.6 Å². The number of amides is 1. The van der Waals surface area contributed by atoms with Gasteiger partial charge in [0.2, 0.25) is 0 Å². The number of benzene rings is 2. The van der Waals surface area contributed by atoms with E-state index in [0.717, 1.165) is 14.8 Å². The lowest BCUT2D eigenvalue weighted by Crippen LogP contribution is -2.26. The Labute approximate surface area is 135 Å². The van der Waals surface area contributed by atoms with Gasteiger partial charge in [0.15, 0.2) is 0 Å². The van der Waals surface area contributed by atoms with E-state index in [9.17, 15) is 9.18 Å². The maximum Gasteiger partial charge on any atom is 0.268 e. The highest BCUT2D eigenvalue weighted by atomic mass is 127. The third kappa shape index (κ3) is 2.57. The number of anilines is 1. The molecule has 21 heavy (non-hydrogen) atoms. The van der Waals surface area contributed by atoms with Gasteiger partial charge in [-0.15, -0.1) is 0 Å². The average molecular weight is 394 g/mol. The molecule has 106 valence electrons. The first kappa shape index (κ1) is 14.2. The second kappa shape index (κ2) is 5.55. The second-order valence-corrected chi connectivity index (χ2v) is 6.05. The molecule has 1 atom stereocenters. The normalized spacial score (nSPS) is 17.6. The fraction of sp³-hybridized carbons (Fsp3) is 0.125. The van der Waals surface area contributed by atoms with Crippen LogP contribution in [0.1, 0.15) is 17.2 Å². The number of hydrogen-bond acceptors (Lipinski definition) is 2. The van der Waals surface area contributed by atoms with Crippen molar-refractivity contribution in [1.82, 2.24) is 0 Å². The summed E-state index contributed by atoms with van der Waals surface area (Å²) in [6.45, 7) is 0. The molecule has 0 saturated carbocycles. The number of aliphatic imine (C=N–C) groups is 1. The number of fused-ring (bicyclic) bond motifs is 1. The molecule has 0 N–H and O–H groups in total. The Morgan fingerprint density at radius 2 is 1.95 bits per heavy atom. The first-order valence-electron chi connectivity index (χ1n) is 6.42. The van der Waals surface area contributed by atoms with Crippen LogP contribution in [-0.4, -0.2) is 19.2 Å². The summed E-state index contributed by atoms with van der Waals surface area (Å²) in [4.78, 5) is 17.9. The Morgan fingerprint density at radius 3 is 2.71 bits per heavy atom. The van der Waals surface area contributed by atoms with Crippen molar-refractivity contribution in [2.75, 3.05) is 11.9 Å². The van der Waals surface area contributed by atoms with Gasteiger partial charge in [-0.3, -0.25) is 9.79 Å². The molecule has 0 aromatic heterocycles. The first-order chi connectivity index (χ1) is 10.1. The van der Waals surface area contributed by atoms with E-state index in [-0.39, 0.29) is 11.7 Å². The molecule has 2 aromatic rings. The molecule has 0 radical (unpaired) electrons. The molecule has 0 spiro atoms. The monoisotopic (exact) mass is 394 g/mol. The van der Waals surface area contributed by atoms with Crippen LogP contribution in [-0.2, 0) is 4.79 Å². The van der Waals surface area contributed by atoms with Crippen LogP contribution in [0.4, 0.5) is 10.1 Å². The van der Waals surface area contributed by atoms with Crippen molar-refractivity contribution in [1.29, 1.82) is 0 Å². The van der Waals surface area contributed by atoms with Crippen molar-refractivity contribution in [3.05, 3.63) is 63.0 Å². The predicted octanol–water partition coefficient (Wildman–Crippen LogP) is 3.57. The van der Waals surface area contributed by atoms with Gasteiger partial charge in [0.25, 0.3) is 5.91 Å². The smallest absolute Gasteiger partial charge is 0.268 e. The van der Waals surface area contributed by atoms with E-state index < -0.39 is 6.04 Å². The van der Waals surface area contributed by atoms with Gasteiger partial charge in [0.1, 0.15) is 11.9 Å². The fourth-order valence-electron chi connectivity index (χ4n) is 2.42. The summed E-state index contributed by atoms with van der Waals surface area (Å²) in [5.74, 6) is -0.530. The summed E-state index contributed by atoms with van der Waals surface area (Å²) in [7, 11) is 1.70. The quantitative estimate of drug-likeness (QED) is 0.681. The minimum Gasteiger partial charge on any atom is -0.310 e. The fourth-order valence-corrected chi connectivity index (χ4v) is 2.93. The minimum absolute atomic E-state index is 0.212. The molecule has 0 fully saturated rings. The molecule has 1 unspecified atom stereocenters. The summed E-state index contributed by atoms with van der Waals surface area (Å²) >= 11 is 2.20. The van der Waals surface area contributed by atoms with Crippen LogP contribution in [0.2, 0.25) is 0 Å². The van der Waals surface area contributed by atoms with E-state index >= 15 is 0 Å². The van der Waals surface area contributed by atoms with Crippen LogP contribution in [0.25, 0.3) is 0 Å². The Morgan fingerprint density at radius 1 is 1.19 bits per heavy atom. The average Bonchev–Trinajstić information content (AvgIpc) is 2.59. The standard InChI is InChI=1S/C16H12FIN2O/c1-20-14-7-6-10(18)8-12(14)16(19-9-15(20)21)11-4-2-3-5-13(11)17/h2-9,16H,1H3. The Balaban J connectivity index is 2.24. The van der Waals surface area contributed by atoms with Gasteiger partial charge in [-0.1, -0.05) is 18.2 Å². The van der Waals surface area contributed by atoms with E-state index in [1.54, 1.807) is 25.2 Å². The van der Waals surface area contributed by atoms with Crippen LogP contribution in [0.15, 0.2) is 47.5 Å². The van der Waals surface area contributed by atoms with Crippen LogP contribution < -0.4 is 4.90 Å². The maximum absolute atomic E-state index is 14.1. The Hall–Kier alpha value is -1.76. The van der Waals surface area contributed by atoms with E-state index in [1.165, 1.54) is 17.2 Å². The summed E-state index contributed by atoms with van der Waals surface area (Å²) in [6, 6.07) is 11.8. The molecule has 3 nitrogen and oxygen atoms in total. The summed E-state index contributed by atoms with van der Waals surface area (Å²) in [5.41, 5.74) is 2.06. The number of carbonyl (C=O) groups is 1. The highest BCUT2D eigenvalue weighted by Crippen LogP contribution is 2.36. The zero-order valence-electron chi connectivity index (χ0n) is 11.3. The zero-order valence-corrected chi connectivity index (χ0v) is 13.4. The number of nitrogens with zero attached hydrogens (tertiary/aromatic N) is 2. The highest BCUT2D eigenvalue weighted by molar-refractivity contribution is 14.1. The molecule has 0 bridgehead atoms. The lowest BCUT2D eigenvalue weighted by atomic mass is 9.97. The van der Waals surface area contributed by atoms with Gasteiger partial charge >= 0.3 is 0 Å². The molecule has 0 aliphatic carbocycles. The molecule has 1 aliphatic rings. The van der Waals surface area contributed by atoms with Crippen molar-refractivity contribution in [2.24, 2.45) is 4.99 Å². The molecular weight excluding hydrogens is 382 g/mol. The van der Waals surface area contributed by atoms with Crippen molar-refractivity contribution < 1.29 is 9.18 Å². The summed E-state index contributed by atoms with van der Waals surface area (Å²) < 4.78 is 15.1. The SMILES string of the molecule is CN1C(=O)C=NC(c2ccccc2F)c2cc(I)ccc21. The van der Waals surface area contributed by atoms with Crippen molar-refractivity contribution in [3.63, 3.8) is 0 Å². The summed E-state index contributed by atoms with van der Waals surface area (Å²) in [6.07, 6.45) is 1.27. The lowest BCUT2D eigenvalue weighted by Gasteiger charge is -2.20. The zero-order chi connectivity index (χ0) is 15.0. The van der Waals surface area contributed by atoms with Crippen molar-refractivity contribution >= 4 is 40.4 Å². The number of hydrogen-bond donors (Lipinski definition) is 0.